The lowest BCUT2D eigenvalue weighted by Gasteiger charge is -2.35. The number of hydrogen-bond acceptors (Lipinski definition) is 4. The average molecular weight is 279 g/mol. The molecule has 1 fully saturated rings. The van der Waals surface area contributed by atoms with E-state index in [0.29, 0.717) is 19.1 Å². The molecule has 0 aromatic heterocycles. The van der Waals surface area contributed by atoms with Crippen molar-refractivity contribution in [3.8, 4) is 5.75 Å². The standard InChI is InChI=1S/C16H25NO3/c1-13(2)17-8-10-19-15(11-17)12-20-16-6-4-3-5-14(16)7-9-18/h3-6,13,15,18H,7-12H2,1-2H3. The summed E-state index contributed by atoms with van der Waals surface area (Å²) in [6.45, 7) is 7.80. The molecule has 4 heteroatoms. The van der Waals surface area contributed by atoms with Gasteiger partial charge in [-0.25, -0.2) is 0 Å². The lowest BCUT2D eigenvalue weighted by Crippen LogP contribution is -2.47. The Morgan fingerprint density at radius 3 is 2.95 bits per heavy atom. The molecule has 1 unspecified atom stereocenters. The molecule has 1 heterocycles. The Hall–Kier alpha value is -1.10. The van der Waals surface area contributed by atoms with Crippen LogP contribution in [0.4, 0.5) is 0 Å². The number of benzene rings is 1. The summed E-state index contributed by atoms with van der Waals surface area (Å²) < 4.78 is 11.7. The SMILES string of the molecule is CC(C)N1CCOC(COc2ccccc2CCO)C1. The van der Waals surface area contributed by atoms with Crippen LogP contribution in [0, 0.1) is 0 Å². The minimum absolute atomic E-state index is 0.119. The van der Waals surface area contributed by atoms with Crippen molar-refractivity contribution in [3.63, 3.8) is 0 Å². The van der Waals surface area contributed by atoms with Crippen LogP contribution in [0.3, 0.4) is 0 Å². The average Bonchev–Trinajstić information content (AvgIpc) is 2.47. The van der Waals surface area contributed by atoms with Crippen LogP contribution in [0.1, 0.15) is 19.4 Å². The topological polar surface area (TPSA) is 41.9 Å². The first-order valence-corrected chi connectivity index (χ1v) is 7.38. The summed E-state index contributed by atoms with van der Waals surface area (Å²) in [5.74, 6) is 0.854. The van der Waals surface area contributed by atoms with E-state index in [2.05, 4.69) is 18.7 Å². The lowest BCUT2D eigenvalue weighted by atomic mass is 10.1. The summed E-state index contributed by atoms with van der Waals surface area (Å²) in [5.41, 5.74) is 1.05. The number of para-hydroxylation sites is 1. The summed E-state index contributed by atoms with van der Waals surface area (Å²) in [6, 6.07) is 8.42. The highest BCUT2D eigenvalue weighted by atomic mass is 16.5. The third-order valence-electron chi connectivity index (χ3n) is 3.68. The van der Waals surface area contributed by atoms with E-state index in [0.717, 1.165) is 31.0 Å². The fraction of sp³-hybridized carbons (Fsp3) is 0.625. The van der Waals surface area contributed by atoms with Crippen LogP contribution in [0.15, 0.2) is 24.3 Å². The smallest absolute Gasteiger partial charge is 0.122 e. The normalized spacial score (nSPS) is 20.3. The molecule has 0 spiro atoms. The zero-order chi connectivity index (χ0) is 14.4. The van der Waals surface area contributed by atoms with E-state index >= 15 is 0 Å². The fourth-order valence-electron chi connectivity index (χ4n) is 2.47. The molecule has 20 heavy (non-hydrogen) atoms. The molecule has 1 aliphatic rings. The van der Waals surface area contributed by atoms with E-state index < -0.39 is 0 Å². The van der Waals surface area contributed by atoms with Gasteiger partial charge in [0.2, 0.25) is 0 Å². The molecule has 0 saturated carbocycles. The number of nitrogens with zero attached hydrogens (tertiary/aromatic N) is 1. The molecule has 0 radical (unpaired) electrons. The van der Waals surface area contributed by atoms with Crippen molar-refractivity contribution in [1.82, 2.24) is 4.90 Å². The van der Waals surface area contributed by atoms with Crippen LogP contribution >= 0.6 is 0 Å². The third-order valence-corrected chi connectivity index (χ3v) is 3.68. The van der Waals surface area contributed by atoms with Gasteiger partial charge in [-0.2, -0.15) is 0 Å². The summed E-state index contributed by atoms with van der Waals surface area (Å²) in [6.07, 6.45) is 0.744. The number of aliphatic hydroxyl groups is 1. The maximum absolute atomic E-state index is 9.07. The van der Waals surface area contributed by atoms with Crippen molar-refractivity contribution in [2.24, 2.45) is 0 Å². The van der Waals surface area contributed by atoms with Crippen LogP contribution in [0.5, 0.6) is 5.75 Å². The van der Waals surface area contributed by atoms with Gasteiger partial charge in [-0.15, -0.1) is 0 Å². The van der Waals surface area contributed by atoms with Gasteiger partial charge in [-0.3, -0.25) is 4.90 Å². The monoisotopic (exact) mass is 279 g/mol. The van der Waals surface area contributed by atoms with E-state index in [-0.39, 0.29) is 12.7 Å². The second-order valence-electron chi connectivity index (χ2n) is 5.47. The second-order valence-corrected chi connectivity index (χ2v) is 5.47. The molecule has 1 aromatic carbocycles. The van der Waals surface area contributed by atoms with Gasteiger partial charge in [0.1, 0.15) is 18.5 Å². The number of rotatable bonds is 6. The molecule has 112 valence electrons. The van der Waals surface area contributed by atoms with Gasteiger partial charge in [0, 0.05) is 25.7 Å². The summed E-state index contributed by atoms with van der Waals surface area (Å²) >= 11 is 0. The van der Waals surface area contributed by atoms with Gasteiger partial charge in [-0.05, 0) is 31.9 Å². The van der Waals surface area contributed by atoms with Crippen molar-refractivity contribution >= 4 is 0 Å². The van der Waals surface area contributed by atoms with Crippen molar-refractivity contribution in [2.45, 2.75) is 32.4 Å². The molecule has 1 atom stereocenters. The minimum Gasteiger partial charge on any atom is -0.491 e. The summed E-state index contributed by atoms with van der Waals surface area (Å²) in [5, 5.41) is 9.07. The molecule has 2 rings (SSSR count). The maximum Gasteiger partial charge on any atom is 0.122 e. The lowest BCUT2D eigenvalue weighted by molar-refractivity contribution is -0.0565. The van der Waals surface area contributed by atoms with Crippen molar-refractivity contribution in [1.29, 1.82) is 0 Å². The Balaban J connectivity index is 1.88. The van der Waals surface area contributed by atoms with Gasteiger partial charge in [0.25, 0.3) is 0 Å². The highest BCUT2D eigenvalue weighted by molar-refractivity contribution is 5.33. The van der Waals surface area contributed by atoms with Crippen LogP contribution in [-0.4, -0.2) is 55.1 Å². The molecule has 1 N–H and O–H groups in total. The van der Waals surface area contributed by atoms with Crippen LogP contribution in [0.25, 0.3) is 0 Å². The third kappa shape index (κ3) is 4.20. The van der Waals surface area contributed by atoms with Crippen molar-refractivity contribution in [3.05, 3.63) is 29.8 Å². The highest BCUT2D eigenvalue weighted by Gasteiger charge is 2.22. The Morgan fingerprint density at radius 2 is 2.20 bits per heavy atom. The molecular formula is C16H25NO3. The van der Waals surface area contributed by atoms with Gasteiger partial charge in [0.05, 0.1) is 6.61 Å². The molecule has 1 aliphatic heterocycles. The predicted octanol–water partition coefficient (Wildman–Crippen LogP) is 1.71. The van der Waals surface area contributed by atoms with E-state index in [1.54, 1.807) is 0 Å². The largest absolute Gasteiger partial charge is 0.491 e. The predicted molar refractivity (Wildman–Crippen MR) is 79.2 cm³/mol. The van der Waals surface area contributed by atoms with E-state index in [1.165, 1.54) is 0 Å². The molecule has 4 nitrogen and oxygen atoms in total. The van der Waals surface area contributed by atoms with Gasteiger partial charge < -0.3 is 14.6 Å². The van der Waals surface area contributed by atoms with Crippen LogP contribution in [-0.2, 0) is 11.2 Å². The van der Waals surface area contributed by atoms with Gasteiger partial charge in [-0.1, -0.05) is 18.2 Å². The Bertz CT molecular complexity index is 408. The first-order chi connectivity index (χ1) is 9.70. The van der Waals surface area contributed by atoms with E-state index in [1.807, 2.05) is 24.3 Å². The van der Waals surface area contributed by atoms with Gasteiger partial charge >= 0.3 is 0 Å². The molecule has 0 aliphatic carbocycles. The first kappa shape index (κ1) is 15.3. The fourth-order valence-corrected chi connectivity index (χ4v) is 2.47. The molecule has 1 aromatic rings. The zero-order valence-corrected chi connectivity index (χ0v) is 12.4. The zero-order valence-electron chi connectivity index (χ0n) is 12.4. The Kier molecular flexibility index (Phi) is 5.83. The molecule has 0 bridgehead atoms. The molecule has 1 saturated heterocycles. The number of morpholine rings is 1. The molecular weight excluding hydrogens is 254 g/mol. The second kappa shape index (κ2) is 7.62. The Labute approximate surface area is 121 Å². The maximum atomic E-state index is 9.07. The summed E-state index contributed by atoms with van der Waals surface area (Å²) in [7, 11) is 0. The molecule has 0 amide bonds. The summed E-state index contributed by atoms with van der Waals surface area (Å²) in [4.78, 5) is 2.41. The highest BCUT2D eigenvalue weighted by Crippen LogP contribution is 2.19. The van der Waals surface area contributed by atoms with Crippen molar-refractivity contribution in [2.75, 3.05) is 32.9 Å². The van der Waals surface area contributed by atoms with E-state index in [9.17, 15) is 0 Å². The number of aliphatic hydroxyl groups excluding tert-OH is 1. The first-order valence-electron chi connectivity index (χ1n) is 7.38. The number of hydrogen-bond donors (Lipinski definition) is 1. The quantitative estimate of drug-likeness (QED) is 0.861. The van der Waals surface area contributed by atoms with Crippen LogP contribution < -0.4 is 4.74 Å². The van der Waals surface area contributed by atoms with Crippen molar-refractivity contribution < 1.29 is 14.6 Å². The van der Waals surface area contributed by atoms with E-state index in [4.69, 9.17) is 14.6 Å². The van der Waals surface area contributed by atoms with Crippen LogP contribution in [0.2, 0.25) is 0 Å². The number of ether oxygens (including phenoxy) is 2. The minimum atomic E-state index is 0.119. The van der Waals surface area contributed by atoms with Gasteiger partial charge in [0.15, 0.2) is 0 Å². The Morgan fingerprint density at radius 1 is 1.40 bits per heavy atom.